The van der Waals surface area contributed by atoms with Gasteiger partial charge in [-0.3, -0.25) is 4.79 Å². The predicted molar refractivity (Wildman–Crippen MR) is 111 cm³/mol. The van der Waals surface area contributed by atoms with E-state index < -0.39 is 0 Å². The summed E-state index contributed by atoms with van der Waals surface area (Å²) in [5.41, 5.74) is 2.55. The van der Waals surface area contributed by atoms with E-state index in [4.69, 9.17) is 14.2 Å². The summed E-state index contributed by atoms with van der Waals surface area (Å²) in [6.07, 6.45) is 1.85. The SMILES string of the molecule is CCCOc1ccc(C(C)NC(=O)c2cccc(COC)c2)cc1OCCC. The minimum atomic E-state index is -0.164. The maximum Gasteiger partial charge on any atom is 0.251 e. The summed E-state index contributed by atoms with van der Waals surface area (Å²) in [4.78, 5) is 12.6. The van der Waals surface area contributed by atoms with Gasteiger partial charge in [-0.15, -0.1) is 0 Å². The molecule has 0 aliphatic carbocycles. The number of carbonyl (C=O) groups excluding carboxylic acids is 1. The summed E-state index contributed by atoms with van der Waals surface area (Å²) in [5, 5.41) is 3.05. The smallest absolute Gasteiger partial charge is 0.251 e. The van der Waals surface area contributed by atoms with Crippen molar-refractivity contribution < 1.29 is 19.0 Å². The quantitative estimate of drug-likeness (QED) is 0.598. The second-order valence-electron chi connectivity index (χ2n) is 6.73. The van der Waals surface area contributed by atoms with Gasteiger partial charge in [0.15, 0.2) is 11.5 Å². The van der Waals surface area contributed by atoms with E-state index in [1.165, 1.54) is 0 Å². The lowest BCUT2D eigenvalue weighted by Crippen LogP contribution is -2.26. The number of methoxy groups -OCH3 is 1. The van der Waals surface area contributed by atoms with Crippen LogP contribution in [0, 0.1) is 0 Å². The maximum atomic E-state index is 12.6. The molecule has 0 heterocycles. The predicted octanol–water partition coefficient (Wildman–Crippen LogP) is 4.90. The highest BCUT2D eigenvalue weighted by atomic mass is 16.5. The normalized spacial score (nSPS) is 11.7. The van der Waals surface area contributed by atoms with Crippen LogP contribution in [0.3, 0.4) is 0 Å². The van der Waals surface area contributed by atoms with Crippen molar-refractivity contribution in [3.63, 3.8) is 0 Å². The molecule has 152 valence electrons. The molecule has 1 unspecified atom stereocenters. The van der Waals surface area contributed by atoms with E-state index in [2.05, 4.69) is 19.2 Å². The first-order valence-corrected chi connectivity index (χ1v) is 9.87. The fourth-order valence-electron chi connectivity index (χ4n) is 2.78. The van der Waals surface area contributed by atoms with Crippen LogP contribution in [0.1, 0.15) is 61.1 Å². The van der Waals surface area contributed by atoms with Crippen LogP contribution in [-0.4, -0.2) is 26.2 Å². The third kappa shape index (κ3) is 6.27. The molecule has 5 nitrogen and oxygen atoms in total. The van der Waals surface area contributed by atoms with E-state index in [0.717, 1.165) is 35.5 Å². The molecule has 0 fully saturated rings. The Morgan fingerprint density at radius 2 is 1.71 bits per heavy atom. The maximum absolute atomic E-state index is 12.6. The number of rotatable bonds is 11. The van der Waals surface area contributed by atoms with E-state index in [1.54, 1.807) is 13.2 Å². The molecule has 0 saturated heterocycles. The first-order valence-electron chi connectivity index (χ1n) is 9.87. The molecule has 1 N–H and O–H groups in total. The molecule has 28 heavy (non-hydrogen) atoms. The Labute approximate surface area is 168 Å². The molecule has 5 heteroatoms. The highest BCUT2D eigenvalue weighted by molar-refractivity contribution is 5.94. The van der Waals surface area contributed by atoms with Gasteiger partial charge in [0, 0.05) is 12.7 Å². The molecule has 2 aromatic carbocycles. The molecule has 1 atom stereocenters. The second kappa shape index (κ2) is 11.3. The van der Waals surface area contributed by atoms with Gasteiger partial charge in [0.1, 0.15) is 0 Å². The van der Waals surface area contributed by atoms with Crippen molar-refractivity contribution in [3.8, 4) is 11.5 Å². The van der Waals surface area contributed by atoms with E-state index in [9.17, 15) is 4.79 Å². The fraction of sp³-hybridized carbons (Fsp3) is 0.435. The molecule has 0 bridgehead atoms. The van der Waals surface area contributed by atoms with Crippen molar-refractivity contribution in [2.45, 2.75) is 46.3 Å². The molecule has 0 radical (unpaired) electrons. The van der Waals surface area contributed by atoms with E-state index in [0.29, 0.717) is 25.4 Å². The summed E-state index contributed by atoms with van der Waals surface area (Å²) in [5.74, 6) is 1.34. The topological polar surface area (TPSA) is 56.8 Å². The lowest BCUT2D eigenvalue weighted by molar-refractivity contribution is 0.0939. The zero-order valence-electron chi connectivity index (χ0n) is 17.3. The van der Waals surface area contributed by atoms with Gasteiger partial charge in [-0.2, -0.15) is 0 Å². The number of hydrogen-bond donors (Lipinski definition) is 1. The Bertz CT molecular complexity index is 760. The zero-order chi connectivity index (χ0) is 20.4. The molecule has 2 rings (SSSR count). The fourth-order valence-corrected chi connectivity index (χ4v) is 2.78. The number of hydrogen-bond acceptors (Lipinski definition) is 4. The van der Waals surface area contributed by atoms with Gasteiger partial charge in [-0.05, 0) is 55.2 Å². The number of amides is 1. The molecule has 1 amide bonds. The van der Waals surface area contributed by atoms with Gasteiger partial charge in [0.25, 0.3) is 5.91 Å². The van der Waals surface area contributed by atoms with Crippen molar-refractivity contribution in [2.24, 2.45) is 0 Å². The van der Waals surface area contributed by atoms with Crippen LogP contribution in [0.15, 0.2) is 42.5 Å². The third-order valence-corrected chi connectivity index (χ3v) is 4.24. The van der Waals surface area contributed by atoms with Crippen molar-refractivity contribution >= 4 is 5.91 Å². The number of benzene rings is 2. The van der Waals surface area contributed by atoms with E-state index in [-0.39, 0.29) is 11.9 Å². The average Bonchev–Trinajstić information content (AvgIpc) is 2.71. The van der Waals surface area contributed by atoms with Gasteiger partial charge < -0.3 is 19.5 Å². The Morgan fingerprint density at radius 3 is 2.39 bits per heavy atom. The van der Waals surface area contributed by atoms with Crippen molar-refractivity contribution in [1.82, 2.24) is 5.32 Å². The summed E-state index contributed by atoms with van der Waals surface area (Å²) in [7, 11) is 1.64. The van der Waals surface area contributed by atoms with Gasteiger partial charge in [0.05, 0.1) is 25.9 Å². The van der Waals surface area contributed by atoms with Crippen LogP contribution in [0.2, 0.25) is 0 Å². The van der Waals surface area contributed by atoms with Crippen LogP contribution in [0.25, 0.3) is 0 Å². The number of ether oxygens (including phenoxy) is 3. The standard InChI is InChI=1S/C23H31NO4/c1-5-12-27-21-11-10-19(15-22(21)28-13-6-2)17(3)24-23(25)20-9-7-8-18(14-20)16-26-4/h7-11,14-15,17H,5-6,12-13,16H2,1-4H3,(H,24,25). The molecule has 0 saturated carbocycles. The lowest BCUT2D eigenvalue weighted by atomic mass is 10.1. The molecule has 2 aromatic rings. The van der Waals surface area contributed by atoms with Crippen molar-refractivity contribution in [2.75, 3.05) is 20.3 Å². The first kappa shape index (κ1) is 21.8. The van der Waals surface area contributed by atoms with Crippen LogP contribution in [0.4, 0.5) is 0 Å². The van der Waals surface area contributed by atoms with E-state index in [1.807, 2.05) is 43.3 Å². The summed E-state index contributed by atoms with van der Waals surface area (Å²) in [6.45, 7) is 7.85. The highest BCUT2D eigenvalue weighted by Crippen LogP contribution is 2.31. The summed E-state index contributed by atoms with van der Waals surface area (Å²) < 4.78 is 16.8. The van der Waals surface area contributed by atoms with Crippen molar-refractivity contribution in [1.29, 1.82) is 0 Å². The Kier molecular flexibility index (Phi) is 8.82. The summed E-state index contributed by atoms with van der Waals surface area (Å²) in [6, 6.07) is 13.1. The van der Waals surface area contributed by atoms with Crippen LogP contribution in [0.5, 0.6) is 11.5 Å². The van der Waals surface area contributed by atoms with Crippen molar-refractivity contribution in [3.05, 3.63) is 59.2 Å². The monoisotopic (exact) mass is 385 g/mol. The summed E-state index contributed by atoms with van der Waals surface area (Å²) >= 11 is 0. The largest absolute Gasteiger partial charge is 0.490 e. The average molecular weight is 386 g/mol. The van der Waals surface area contributed by atoms with Crippen LogP contribution in [-0.2, 0) is 11.3 Å². The highest BCUT2D eigenvalue weighted by Gasteiger charge is 2.15. The molecule has 0 spiro atoms. The molecule has 0 aliphatic rings. The lowest BCUT2D eigenvalue weighted by Gasteiger charge is -2.18. The molecular formula is C23H31NO4. The number of carbonyl (C=O) groups is 1. The minimum Gasteiger partial charge on any atom is -0.490 e. The molecule has 0 aromatic heterocycles. The number of nitrogens with one attached hydrogen (secondary N) is 1. The Balaban J connectivity index is 2.12. The zero-order valence-corrected chi connectivity index (χ0v) is 17.3. The van der Waals surface area contributed by atoms with Gasteiger partial charge >= 0.3 is 0 Å². The molecule has 0 aliphatic heterocycles. The Morgan fingerprint density at radius 1 is 1.00 bits per heavy atom. The third-order valence-electron chi connectivity index (χ3n) is 4.24. The molecular weight excluding hydrogens is 354 g/mol. The van der Waals surface area contributed by atoms with E-state index >= 15 is 0 Å². The van der Waals surface area contributed by atoms with Crippen LogP contribution < -0.4 is 14.8 Å². The second-order valence-corrected chi connectivity index (χ2v) is 6.73. The minimum absolute atomic E-state index is 0.118. The van der Waals surface area contributed by atoms with Gasteiger partial charge in [0.2, 0.25) is 0 Å². The van der Waals surface area contributed by atoms with Gasteiger partial charge in [-0.1, -0.05) is 32.0 Å². The van der Waals surface area contributed by atoms with Crippen LogP contribution >= 0.6 is 0 Å². The Hall–Kier alpha value is -2.53. The first-order chi connectivity index (χ1) is 13.6. The van der Waals surface area contributed by atoms with Gasteiger partial charge in [-0.25, -0.2) is 0 Å².